The predicted octanol–water partition coefficient (Wildman–Crippen LogP) is 4.46. The quantitative estimate of drug-likeness (QED) is 0.828. The third-order valence-electron chi connectivity index (χ3n) is 4.06. The highest BCUT2D eigenvalue weighted by molar-refractivity contribution is 6.31. The maximum Gasteiger partial charge on any atom is 0.244 e. The number of aryl methyl sites for hydroxylation is 2. The summed E-state index contributed by atoms with van der Waals surface area (Å²) in [6, 6.07) is 12.9. The van der Waals surface area contributed by atoms with E-state index in [9.17, 15) is 9.59 Å². The normalized spacial score (nSPS) is 10.4. The number of carbonyl (C=O) groups excluding carboxylic acids is 2. The van der Waals surface area contributed by atoms with Gasteiger partial charge < -0.3 is 10.2 Å². The number of nitrogens with one attached hydrogen (secondary N) is 1. The van der Waals surface area contributed by atoms with Gasteiger partial charge in [0.1, 0.15) is 6.54 Å². The molecule has 0 aliphatic carbocycles. The van der Waals surface area contributed by atoms with E-state index in [4.69, 9.17) is 11.6 Å². The van der Waals surface area contributed by atoms with Crippen molar-refractivity contribution in [2.75, 3.05) is 16.8 Å². The highest BCUT2D eigenvalue weighted by atomic mass is 35.5. The van der Waals surface area contributed by atoms with Crippen molar-refractivity contribution in [1.29, 1.82) is 0 Å². The van der Waals surface area contributed by atoms with Crippen LogP contribution in [0.4, 0.5) is 11.4 Å². The van der Waals surface area contributed by atoms with Crippen LogP contribution < -0.4 is 10.2 Å². The van der Waals surface area contributed by atoms with Gasteiger partial charge in [-0.1, -0.05) is 49.7 Å². The number of amides is 2. The maximum absolute atomic E-state index is 12.6. The SMILES string of the molecule is CCc1cccc(CC)c1NC(=O)CN(C(C)=O)c1cccc(Cl)c1. The van der Waals surface area contributed by atoms with E-state index in [1.807, 2.05) is 18.2 Å². The Morgan fingerprint density at radius 2 is 1.64 bits per heavy atom. The molecular weight excluding hydrogens is 336 g/mol. The number of nitrogens with zero attached hydrogens (tertiary/aromatic N) is 1. The van der Waals surface area contributed by atoms with E-state index in [2.05, 4.69) is 19.2 Å². The van der Waals surface area contributed by atoms with Crippen LogP contribution in [-0.2, 0) is 22.4 Å². The summed E-state index contributed by atoms with van der Waals surface area (Å²) in [4.78, 5) is 26.0. The monoisotopic (exact) mass is 358 g/mol. The predicted molar refractivity (Wildman–Crippen MR) is 103 cm³/mol. The lowest BCUT2D eigenvalue weighted by Crippen LogP contribution is -2.37. The third kappa shape index (κ3) is 4.83. The Bertz CT molecular complexity index is 752. The zero-order chi connectivity index (χ0) is 18.4. The molecule has 0 saturated carbocycles. The van der Waals surface area contributed by atoms with Gasteiger partial charge in [-0.2, -0.15) is 0 Å². The van der Waals surface area contributed by atoms with Crippen LogP contribution in [-0.4, -0.2) is 18.4 Å². The Balaban J connectivity index is 2.22. The van der Waals surface area contributed by atoms with Gasteiger partial charge in [-0.15, -0.1) is 0 Å². The number of hydrogen-bond acceptors (Lipinski definition) is 2. The Morgan fingerprint density at radius 1 is 1.04 bits per heavy atom. The summed E-state index contributed by atoms with van der Waals surface area (Å²) in [7, 11) is 0. The first-order valence-electron chi connectivity index (χ1n) is 8.40. The van der Waals surface area contributed by atoms with Gasteiger partial charge >= 0.3 is 0 Å². The van der Waals surface area contributed by atoms with Crippen molar-refractivity contribution in [2.45, 2.75) is 33.6 Å². The second kappa shape index (κ2) is 8.67. The molecule has 0 atom stereocenters. The zero-order valence-corrected chi connectivity index (χ0v) is 15.6. The largest absolute Gasteiger partial charge is 0.324 e. The van der Waals surface area contributed by atoms with Crippen molar-refractivity contribution < 1.29 is 9.59 Å². The average molecular weight is 359 g/mol. The second-order valence-corrected chi connectivity index (χ2v) is 6.23. The molecule has 0 radical (unpaired) electrons. The Morgan fingerprint density at radius 3 is 2.16 bits per heavy atom. The van der Waals surface area contributed by atoms with Gasteiger partial charge in [-0.3, -0.25) is 9.59 Å². The van der Waals surface area contributed by atoms with Gasteiger partial charge in [0.25, 0.3) is 0 Å². The standard InChI is InChI=1S/C20H23ClN2O2/c1-4-15-8-6-9-16(5-2)20(15)22-19(25)13-23(14(3)24)18-11-7-10-17(21)12-18/h6-12H,4-5,13H2,1-3H3,(H,22,25). The van der Waals surface area contributed by atoms with Gasteiger partial charge in [0.2, 0.25) is 11.8 Å². The average Bonchev–Trinajstić information content (AvgIpc) is 2.59. The van der Waals surface area contributed by atoms with Crippen molar-refractivity contribution in [1.82, 2.24) is 0 Å². The minimum Gasteiger partial charge on any atom is -0.324 e. The fourth-order valence-corrected chi connectivity index (χ4v) is 2.94. The van der Waals surface area contributed by atoms with Crippen LogP contribution >= 0.6 is 11.6 Å². The molecule has 2 rings (SSSR count). The van der Waals surface area contributed by atoms with Gasteiger partial charge in [0.15, 0.2) is 0 Å². The van der Waals surface area contributed by atoms with Gasteiger partial charge in [0, 0.05) is 23.3 Å². The molecule has 0 fully saturated rings. The minimum absolute atomic E-state index is 0.0587. The molecule has 1 N–H and O–H groups in total. The lowest BCUT2D eigenvalue weighted by atomic mass is 10.0. The van der Waals surface area contributed by atoms with Crippen LogP contribution in [0.15, 0.2) is 42.5 Å². The lowest BCUT2D eigenvalue weighted by molar-refractivity contribution is -0.120. The number of hydrogen-bond donors (Lipinski definition) is 1. The first kappa shape index (κ1) is 19.0. The molecule has 0 heterocycles. The van der Waals surface area contributed by atoms with E-state index in [1.165, 1.54) is 11.8 Å². The van der Waals surface area contributed by atoms with Gasteiger partial charge in [0.05, 0.1) is 0 Å². The Labute approximate surface area is 153 Å². The van der Waals surface area contributed by atoms with Crippen LogP contribution in [0.25, 0.3) is 0 Å². The smallest absolute Gasteiger partial charge is 0.244 e. The summed E-state index contributed by atoms with van der Waals surface area (Å²) in [6.07, 6.45) is 1.66. The van der Waals surface area contributed by atoms with Crippen LogP contribution in [0.5, 0.6) is 0 Å². The molecule has 2 amide bonds. The molecular formula is C20H23ClN2O2. The molecule has 0 unspecified atom stereocenters. The molecule has 0 spiro atoms. The molecule has 0 aliphatic heterocycles. The molecule has 0 aromatic heterocycles. The fourth-order valence-electron chi connectivity index (χ4n) is 2.75. The summed E-state index contributed by atoms with van der Waals surface area (Å²) in [5.41, 5.74) is 3.64. The molecule has 25 heavy (non-hydrogen) atoms. The summed E-state index contributed by atoms with van der Waals surface area (Å²) >= 11 is 6.00. The van der Waals surface area contributed by atoms with E-state index < -0.39 is 0 Å². The second-order valence-electron chi connectivity index (χ2n) is 5.79. The molecule has 2 aromatic rings. The molecule has 4 nitrogen and oxygen atoms in total. The number of carbonyl (C=O) groups is 2. The molecule has 0 saturated heterocycles. The van der Waals surface area contributed by atoms with Crippen LogP contribution in [0.1, 0.15) is 31.9 Å². The van der Waals surface area contributed by atoms with Crippen LogP contribution in [0.2, 0.25) is 5.02 Å². The third-order valence-corrected chi connectivity index (χ3v) is 4.30. The van der Waals surface area contributed by atoms with E-state index in [-0.39, 0.29) is 18.4 Å². The van der Waals surface area contributed by atoms with Crippen LogP contribution in [0, 0.1) is 0 Å². The molecule has 132 valence electrons. The highest BCUT2D eigenvalue weighted by Gasteiger charge is 2.17. The molecule has 0 bridgehead atoms. The molecule has 0 aliphatic rings. The Kier molecular flexibility index (Phi) is 6.59. The molecule has 5 heteroatoms. The number of benzene rings is 2. The van der Waals surface area contributed by atoms with Gasteiger partial charge in [-0.25, -0.2) is 0 Å². The lowest BCUT2D eigenvalue weighted by Gasteiger charge is -2.22. The summed E-state index contributed by atoms with van der Waals surface area (Å²) < 4.78 is 0. The van der Waals surface area contributed by atoms with E-state index in [1.54, 1.807) is 24.3 Å². The van der Waals surface area contributed by atoms with E-state index in [0.717, 1.165) is 29.7 Å². The number of anilines is 2. The zero-order valence-electron chi connectivity index (χ0n) is 14.8. The van der Waals surface area contributed by atoms with E-state index in [0.29, 0.717) is 10.7 Å². The van der Waals surface area contributed by atoms with E-state index >= 15 is 0 Å². The van der Waals surface area contributed by atoms with Crippen molar-refractivity contribution in [2.24, 2.45) is 0 Å². The van der Waals surface area contributed by atoms with Crippen molar-refractivity contribution >= 4 is 34.8 Å². The number of rotatable bonds is 6. The van der Waals surface area contributed by atoms with Crippen molar-refractivity contribution in [3.8, 4) is 0 Å². The van der Waals surface area contributed by atoms with Crippen LogP contribution in [0.3, 0.4) is 0 Å². The summed E-state index contributed by atoms with van der Waals surface area (Å²) in [6.45, 7) is 5.49. The van der Waals surface area contributed by atoms with Crippen molar-refractivity contribution in [3.63, 3.8) is 0 Å². The molecule has 2 aromatic carbocycles. The van der Waals surface area contributed by atoms with Gasteiger partial charge in [-0.05, 0) is 42.2 Å². The highest BCUT2D eigenvalue weighted by Crippen LogP contribution is 2.23. The maximum atomic E-state index is 12.6. The first-order chi connectivity index (χ1) is 12.0. The first-order valence-corrected chi connectivity index (χ1v) is 8.78. The number of halogens is 1. The topological polar surface area (TPSA) is 49.4 Å². The summed E-state index contributed by atoms with van der Waals surface area (Å²) in [5.74, 6) is -0.442. The fraction of sp³-hybridized carbons (Fsp3) is 0.300. The number of para-hydroxylation sites is 1. The van der Waals surface area contributed by atoms with Crippen molar-refractivity contribution in [3.05, 3.63) is 58.6 Å². The Hall–Kier alpha value is -2.33. The minimum atomic E-state index is -0.231. The summed E-state index contributed by atoms with van der Waals surface area (Å²) in [5, 5.41) is 3.51.